The molecule has 0 aromatic heterocycles. The minimum Gasteiger partial charge on any atom is -0.481 e. The van der Waals surface area contributed by atoms with Crippen LogP contribution in [0.5, 0.6) is 0 Å². The first-order valence-electron chi connectivity index (χ1n) is 6.42. The van der Waals surface area contributed by atoms with Crippen LogP contribution in [0, 0.1) is 0 Å². The van der Waals surface area contributed by atoms with E-state index in [-0.39, 0.29) is 19.4 Å². The molecule has 2 atom stereocenters. The topological polar surface area (TPSA) is 93.1 Å². The number of carboxylic acid groups (broad SMARTS) is 1. The molecular formula is C13H21NO6. The van der Waals surface area contributed by atoms with Gasteiger partial charge >= 0.3 is 12.1 Å². The predicted molar refractivity (Wildman–Crippen MR) is 69.2 cm³/mol. The molecule has 20 heavy (non-hydrogen) atoms. The summed E-state index contributed by atoms with van der Waals surface area (Å²) in [5, 5.41) is 8.76. The van der Waals surface area contributed by atoms with E-state index in [0.29, 0.717) is 6.29 Å². The molecule has 7 nitrogen and oxygen atoms in total. The van der Waals surface area contributed by atoms with Gasteiger partial charge in [0.2, 0.25) is 0 Å². The Hall–Kier alpha value is -1.63. The fourth-order valence-electron chi connectivity index (χ4n) is 2.03. The van der Waals surface area contributed by atoms with Gasteiger partial charge in [0.15, 0.2) is 0 Å². The SMILES string of the molecule is CC(C)(C)OC(=O)N1[C@H](C=O)CO[C@]1(C)CCC(=O)O. The summed E-state index contributed by atoms with van der Waals surface area (Å²) in [6.07, 6.45) is -0.150. The first-order valence-corrected chi connectivity index (χ1v) is 6.42. The Labute approximate surface area is 117 Å². The van der Waals surface area contributed by atoms with Gasteiger partial charge in [-0.05, 0) is 27.7 Å². The van der Waals surface area contributed by atoms with Crippen LogP contribution in [-0.2, 0) is 19.1 Å². The quantitative estimate of drug-likeness (QED) is 0.786. The zero-order valence-electron chi connectivity index (χ0n) is 12.2. The lowest BCUT2D eigenvalue weighted by molar-refractivity contribution is -0.140. The summed E-state index contributed by atoms with van der Waals surface area (Å²) < 4.78 is 10.7. The maximum absolute atomic E-state index is 12.2. The fraction of sp³-hybridized carbons (Fsp3) is 0.769. The van der Waals surface area contributed by atoms with Gasteiger partial charge in [0.1, 0.15) is 23.7 Å². The average Bonchev–Trinajstić information content (AvgIpc) is 2.62. The molecular weight excluding hydrogens is 266 g/mol. The molecule has 1 heterocycles. The number of hydrogen-bond acceptors (Lipinski definition) is 5. The number of carbonyl (C=O) groups excluding carboxylic acids is 2. The molecule has 0 unspecified atom stereocenters. The number of aldehydes is 1. The summed E-state index contributed by atoms with van der Waals surface area (Å²) in [6.45, 7) is 6.77. The van der Waals surface area contributed by atoms with Crippen LogP contribution < -0.4 is 0 Å². The molecule has 1 aliphatic rings. The van der Waals surface area contributed by atoms with Crippen LogP contribution in [0.25, 0.3) is 0 Å². The molecule has 0 radical (unpaired) electrons. The molecule has 1 aliphatic heterocycles. The molecule has 7 heteroatoms. The third kappa shape index (κ3) is 3.93. The number of ether oxygens (including phenoxy) is 2. The summed E-state index contributed by atoms with van der Waals surface area (Å²) in [7, 11) is 0. The molecule has 1 N–H and O–H groups in total. The number of hydrogen-bond donors (Lipinski definition) is 1. The number of carboxylic acids is 1. The highest BCUT2D eigenvalue weighted by atomic mass is 16.6. The number of nitrogens with zero attached hydrogens (tertiary/aromatic N) is 1. The minimum atomic E-state index is -1.15. The van der Waals surface area contributed by atoms with Gasteiger partial charge < -0.3 is 19.4 Å². The summed E-state index contributed by atoms with van der Waals surface area (Å²) in [6, 6.07) is -0.761. The second-order valence-electron chi connectivity index (χ2n) is 5.93. The Bertz CT molecular complexity index is 402. The molecule has 0 aromatic carbocycles. The highest BCUT2D eigenvalue weighted by molar-refractivity contribution is 5.75. The van der Waals surface area contributed by atoms with Crippen LogP contribution in [-0.4, -0.2) is 52.3 Å². The van der Waals surface area contributed by atoms with Crippen LogP contribution in [0.1, 0.15) is 40.5 Å². The van der Waals surface area contributed by atoms with Crippen molar-refractivity contribution in [3.63, 3.8) is 0 Å². The average molecular weight is 287 g/mol. The van der Waals surface area contributed by atoms with Crippen molar-refractivity contribution in [3.8, 4) is 0 Å². The molecule has 1 amide bonds. The van der Waals surface area contributed by atoms with E-state index in [4.69, 9.17) is 14.6 Å². The highest BCUT2D eigenvalue weighted by Gasteiger charge is 2.48. The third-order valence-electron chi connectivity index (χ3n) is 2.96. The molecule has 0 spiro atoms. The lowest BCUT2D eigenvalue weighted by atomic mass is 10.1. The van der Waals surface area contributed by atoms with E-state index in [2.05, 4.69) is 0 Å². The molecule has 1 rings (SSSR count). The van der Waals surface area contributed by atoms with Crippen molar-refractivity contribution in [2.75, 3.05) is 6.61 Å². The van der Waals surface area contributed by atoms with Crippen molar-refractivity contribution in [1.29, 1.82) is 0 Å². The van der Waals surface area contributed by atoms with Crippen molar-refractivity contribution in [1.82, 2.24) is 4.90 Å². The van der Waals surface area contributed by atoms with Crippen molar-refractivity contribution in [3.05, 3.63) is 0 Å². The van der Waals surface area contributed by atoms with Crippen LogP contribution in [0.15, 0.2) is 0 Å². The fourth-order valence-corrected chi connectivity index (χ4v) is 2.03. The van der Waals surface area contributed by atoms with E-state index in [1.54, 1.807) is 27.7 Å². The van der Waals surface area contributed by atoms with Gasteiger partial charge in [0.05, 0.1) is 6.61 Å². The number of amides is 1. The normalized spacial score (nSPS) is 26.4. The van der Waals surface area contributed by atoms with Crippen LogP contribution >= 0.6 is 0 Å². The molecule has 1 fully saturated rings. The summed E-state index contributed by atoms with van der Waals surface area (Å²) in [5.74, 6) is -0.992. The van der Waals surface area contributed by atoms with E-state index < -0.39 is 29.4 Å². The zero-order valence-corrected chi connectivity index (χ0v) is 12.2. The predicted octanol–water partition coefficient (Wildman–Crippen LogP) is 1.40. The minimum absolute atomic E-state index is 0.0405. The summed E-state index contributed by atoms with van der Waals surface area (Å²) >= 11 is 0. The van der Waals surface area contributed by atoms with Gasteiger partial charge in [-0.3, -0.25) is 9.69 Å². The standard InChI is InChI=1S/C13H21NO6/c1-12(2,3)20-11(18)14-9(7-15)8-19-13(14,4)6-5-10(16)17/h7,9H,5-6,8H2,1-4H3,(H,16,17)/t9-,13-/m1/s1. The van der Waals surface area contributed by atoms with E-state index >= 15 is 0 Å². The lowest BCUT2D eigenvalue weighted by Crippen LogP contribution is -2.52. The van der Waals surface area contributed by atoms with E-state index in [9.17, 15) is 14.4 Å². The highest BCUT2D eigenvalue weighted by Crippen LogP contribution is 2.32. The monoisotopic (exact) mass is 287 g/mol. The Morgan fingerprint density at radius 1 is 1.50 bits per heavy atom. The maximum atomic E-state index is 12.2. The van der Waals surface area contributed by atoms with Crippen molar-refractivity contribution >= 4 is 18.3 Å². The lowest BCUT2D eigenvalue weighted by Gasteiger charge is -2.36. The maximum Gasteiger partial charge on any atom is 0.413 e. The van der Waals surface area contributed by atoms with Gasteiger partial charge in [-0.25, -0.2) is 4.79 Å². The largest absolute Gasteiger partial charge is 0.481 e. The first-order chi connectivity index (χ1) is 9.09. The van der Waals surface area contributed by atoms with Crippen LogP contribution in [0.2, 0.25) is 0 Å². The zero-order chi connectivity index (χ0) is 15.6. The molecule has 0 saturated carbocycles. The van der Waals surface area contributed by atoms with Crippen molar-refractivity contribution in [2.24, 2.45) is 0 Å². The Morgan fingerprint density at radius 3 is 2.55 bits per heavy atom. The number of rotatable bonds is 4. The number of carbonyl (C=O) groups is 3. The Morgan fingerprint density at radius 2 is 2.10 bits per heavy atom. The molecule has 0 aromatic rings. The molecule has 0 bridgehead atoms. The Balaban J connectivity index is 2.91. The van der Waals surface area contributed by atoms with Gasteiger partial charge in [0.25, 0.3) is 0 Å². The van der Waals surface area contributed by atoms with E-state index in [0.717, 1.165) is 0 Å². The van der Waals surface area contributed by atoms with Crippen molar-refractivity contribution in [2.45, 2.75) is 57.9 Å². The smallest absolute Gasteiger partial charge is 0.413 e. The molecule has 0 aliphatic carbocycles. The first kappa shape index (κ1) is 16.4. The van der Waals surface area contributed by atoms with Crippen molar-refractivity contribution < 1.29 is 29.0 Å². The van der Waals surface area contributed by atoms with Gasteiger partial charge in [-0.15, -0.1) is 0 Å². The van der Waals surface area contributed by atoms with Crippen LogP contribution in [0.3, 0.4) is 0 Å². The Kier molecular flexibility index (Phi) is 4.75. The van der Waals surface area contributed by atoms with E-state index in [1.165, 1.54) is 4.90 Å². The van der Waals surface area contributed by atoms with E-state index in [1.807, 2.05) is 0 Å². The molecule has 1 saturated heterocycles. The van der Waals surface area contributed by atoms with Gasteiger partial charge in [-0.2, -0.15) is 0 Å². The molecule has 114 valence electrons. The second-order valence-corrected chi connectivity index (χ2v) is 5.93. The summed E-state index contributed by atoms with van der Waals surface area (Å²) in [5.41, 5.74) is -1.85. The number of aliphatic carboxylic acids is 1. The van der Waals surface area contributed by atoms with Crippen LogP contribution in [0.4, 0.5) is 4.79 Å². The second kappa shape index (κ2) is 5.78. The van der Waals surface area contributed by atoms with Gasteiger partial charge in [0, 0.05) is 12.8 Å². The summed E-state index contributed by atoms with van der Waals surface area (Å²) in [4.78, 5) is 35.2. The van der Waals surface area contributed by atoms with Gasteiger partial charge in [-0.1, -0.05) is 0 Å². The third-order valence-corrected chi connectivity index (χ3v) is 2.96.